The third-order valence-electron chi connectivity index (χ3n) is 6.79. The summed E-state index contributed by atoms with van der Waals surface area (Å²) in [5.41, 5.74) is 0. The first-order chi connectivity index (χ1) is 13.9. The lowest BCUT2D eigenvalue weighted by Crippen LogP contribution is -2.80. The largest absolute Gasteiger partial charge is 0.204 e. The van der Waals surface area contributed by atoms with Gasteiger partial charge in [-0.1, -0.05) is 39.3 Å². The van der Waals surface area contributed by atoms with Crippen LogP contribution in [0.3, 0.4) is 0 Å². The summed E-state index contributed by atoms with van der Waals surface area (Å²) in [7, 11) is -11.0. The van der Waals surface area contributed by atoms with Gasteiger partial charge >= 0.3 is 0 Å². The van der Waals surface area contributed by atoms with Crippen LogP contribution >= 0.6 is 0 Å². The number of benzene rings is 2. The molecule has 0 fully saturated rings. The fourth-order valence-corrected chi connectivity index (χ4v) is 35.2. The normalized spacial score (nSPS) is 13.2. The standard InChI is InChI=1S/C18H18F10Si3/c1-29(2,17-13(25)9(21)7(19)10(22)14(17)26)31(5,6)30(3,4)18-15(27)11(23)8(20)12(24)16(18)28/h1-6H3. The van der Waals surface area contributed by atoms with Crippen molar-refractivity contribution in [2.24, 2.45) is 0 Å². The quantitative estimate of drug-likeness (QED) is 0.222. The molecule has 172 valence electrons. The van der Waals surface area contributed by atoms with Crippen LogP contribution in [0.4, 0.5) is 43.9 Å². The van der Waals surface area contributed by atoms with E-state index in [2.05, 4.69) is 0 Å². The first kappa shape index (κ1) is 25.6. The van der Waals surface area contributed by atoms with Crippen LogP contribution in [-0.4, -0.2) is 22.3 Å². The van der Waals surface area contributed by atoms with Gasteiger partial charge in [0.1, 0.15) is 0 Å². The van der Waals surface area contributed by atoms with E-state index >= 15 is 0 Å². The first-order valence-corrected chi connectivity index (χ1v) is 19.9. The Balaban J connectivity index is 2.90. The van der Waals surface area contributed by atoms with Crippen molar-refractivity contribution in [2.75, 3.05) is 0 Å². The predicted molar refractivity (Wildman–Crippen MR) is 104 cm³/mol. The molecule has 13 heteroatoms. The Morgan fingerprint density at radius 1 is 0.323 bits per heavy atom. The van der Waals surface area contributed by atoms with Crippen molar-refractivity contribution in [3.63, 3.8) is 0 Å². The van der Waals surface area contributed by atoms with Crippen LogP contribution in [-0.2, 0) is 0 Å². The topological polar surface area (TPSA) is 0 Å². The zero-order valence-electron chi connectivity index (χ0n) is 17.3. The summed E-state index contributed by atoms with van der Waals surface area (Å²) in [6.45, 7) is 7.94. The van der Waals surface area contributed by atoms with Gasteiger partial charge in [-0.25, -0.2) is 43.9 Å². The molecule has 0 aromatic heterocycles. The molecule has 2 aromatic carbocycles. The summed E-state index contributed by atoms with van der Waals surface area (Å²) in [4.78, 5) is 0. The number of halogens is 10. The maximum atomic E-state index is 14.6. The molecule has 2 rings (SSSR count). The van der Waals surface area contributed by atoms with E-state index in [4.69, 9.17) is 0 Å². The van der Waals surface area contributed by atoms with Crippen LogP contribution in [0, 0.1) is 58.2 Å². The SMILES string of the molecule is C[Si](C)(c1c(F)c(F)c(F)c(F)c1F)[Si](C)(C)[Si](C)(C)c1c(F)c(F)c(F)c(F)c1F. The average Bonchev–Trinajstić information content (AvgIpc) is 2.67. The lowest BCUT2D eigenvalue weighted by atomic mass is 10.3. The smallest absolute Gasteiger partial charge is 0.200 e. The van der Waals surface area contributed by atoms with Gasteiger partial charge in [0.25, 0.3) is 0 Å². The Bertz CT molecular complexity index is 938. The summed E-state index contributed by atoms with van der Waals surface area (Å²) < 4.78 is 141. The maximum absolute atomic E-state index is 14.6. The molecule has 0 aliphatic heterocycles. The molecule has 2 aromatic rings. The van der Waals surface area contributed by atoms with Crippen molar-refractivity contribution in [3.05, 3.63) is 58.2 Å². The van der Waals surface area contributed by atoms with E-state index in [0.29, 0.717) is 0 Å². The molecule has 0 aliphatic carbocycles. The second-order valence-corrected chi connectivity index (χ2v) is 36.0. The van der Waals surface area contributed by atoms with Crippen molar-refractivity contribution >= 4 is 32.7 Å². The maximum Gasteiger partial charge on any atom is 0.200 e. The van der Waals surface area contributed by atoms with Gasteiger partial charge in [-0.2, -0.15) is 0 Å². The predicted octanol–water partition coefficient (Wildman–Crippen LogP) is 5.47. The Morgan fingerprint density at radius 2 is 0.484 bits per heavy atom. The van der Waals surface area contributed by atoms with Crippen molar-refractivity contribution in [2.45, 2.75) is 39.3 Å². The number of hydrogen-bond donors (Lipinski definition) is 0. The second kappa shape index (κ2) is 7.76. The number of hydrogen-bond acceptors (Lipinski definition) is 0. The highest BCUT2D eigenvalue weighted by Gasteiger charge is 2.58. The molecule has 0 heterocycles. The summed E-state index contributed by atoms with van der Waals surface area (Å²) in [5.74, 6) is -21.5. The van der Waals surface area contributed by atoms with E-state index < -0.39 is 90.8 Å². The summed E-state index contributed by atoms with van der Waals surface area (Å²) in [5, 5.41) is -2.10. The fourth-order valence-electron chi connectivity index (χ4n) is 3.71. The zero-order chi connectivity index (χ0) is 24.4. The second-order valence-electron chi connectivity index (χ2n) is 8.76. The molecule has 0 amide bonds. The van der Waals surface area contributed by atoms with Crippen LogP contribution in [0.25, 0.3) is 0 Å². The molecule has 0 saturated heterocycles. The highest BCUT2D eigenvalue weighted by molar-refractivity contribution is 7.73. The molecule has 0 N–H and O–H groups in total. The van der Waals surface area contributed by atoms with Gasteiger partial charge in [-0.3, -0.25) is 0 Å². The summed E-state index contributed by atoms with van der Waals surface area (Å²) in [6, 6.07) is 0. The molecule has 31 heavy (non-hydrogen) atoms. The zero-order valence-corrected chi connectivity index (χ0v) is 20.3. The summed E-state index contributed by atoms with van der Waals surface area (Å²) in [6.07, 6.45) is 0. The molecule has 0 atom stereocenters. The van der Waals surface area contributed by atoms with Crippen molar-refractivity contribution in [1.29, 1.82) is 0 Å². The molecular weight excluding hydrogens is 490 g/mol. The van der Waals surface area contributed by atoms with Crippen LogP contribution < -0.4 is 10.4 Å². The Kier molecular flexibility index (Phi) is 6.42. The molecule has 0 nitrogen and oxygen atoms in total. The van der Waals surface area contributed by atoms with Gasteiger partial charge < -0.3 is 0 Å². The molecular formula is C18H18F10Si3. The fraction of sp³-hybridized carbons (Fsp3) is 0.333. The van der Waals surface area contributed by atoms with Crippen molar-refractivity contribution in [3.8, 4) is 0 Å². The first-order valence-electron chi connectivity index (χ1n) is 8.89. The summed E-state index contributed by atoms with van der Waals surface area (Å²) >= 11 is 0. The third-order valence-corrected chi connectivity index (χ3v) is 47.9. The van der Waals surface area contributed by atoms with E-state index in [1.807, 2.05) is 0 Å². The van der Waals surface area contributed by atoms with Gasteiger partial charge in [0.2, 0.25) is 11.6 Å². The lowest BCUT2D eigenvalue weighted by molar-refractivity contribution is 0.383. The number of rotatable bonds is 4. The molecule has 0 radical (unpaired) electrons. The van der Waals surface area contributed by atoms with Crippen LogP contribution in [0.15, 0.2) is 0 Å². The molecule has 0 unspecified atom stereocenters. The highest BCUT2D eigenvalue weighted by atomic mass is 29.6. The van der Waals surface area contributed by atoms with Crippen LogP contribution in [0.5, 0.6) is 0 Å². The highest BCUT2D eigenvalue weighted by Crippen LogP contribution is 2.33. The van der Waals surface area contributed by atoms with E-state index in [1.54, 1.807) is 0 Å². The Hall–Kier alpha value is -1.61. The van der Waals surface area contributed by atoms with Crippen molar-refractivity contribution < 1.29 is 43.9 Å². The Morgan fingerprint density at radius 3 is 0.677 bits per heavy atom. The van der Waals surface area contributed by atoms with Crippen molar-refractivity contribution in [1.82, 2.24) is 0 Å². The average molecular weight is 509 g/mol. The molecule has 0 spiro atoms. The van der Waals surface area contributed by atoms with E-state index in [-0.39, 0.29) is 0 Å². The van der Waals surface area contributed by atoms with Gasteiger partial charge in [0.15, 0.2) is 46.5 Å². The van der Waals surface area contributed by atoms with E-state index in [0.717, 1.165) is 0 Å². The van der Waals surface area contributed by atoms with E-state index in [9.17, 15) is 43.9 Å². The Labute approximate surface area is 174 Å². The van der Waals surface area contributed by atoms with E-state index in [1.165, 1.54) is 39.3 Å². The van der Waals surface area contributed by atoms with Gasteiger partial charge in [-0.05, 0) is 0 Å². The van der Waals surface area contributed by atoms with Gasteiger partial charge in [0, 0.05) is 17.5 Å². The molecule has 0 bridgehead atoms. The molecule has 0 aliphatic rings. The minimum atomic E-state index is -3.76. The van der Waals surface area contributed by atoms with Crippen LogP contribution in [0.1, 0.15) is 0 Å². The lowest BCUT2D eigenvalue weighted by Gasteiger charge is -2.49. The molecule has 0 saturated carbocycles. The third kappa shape index (κ3) is 3.39. The van der Waals surface area contributed by atoms with Gasteiger partial charge in [-0.15, -0.1) is 0 Å². The van der Waals surface area contributed by atoms with Gasteiger partial charge in [0.05, 0.1) is 15.2 Å². The minimum absolute atomic E-state index is 1.05. The minimum Gasteiger partial charge on any atom is -0.204 e. The monoisotopic (exact) mass is 508 g/mol. The van der Waals surface area contributed by atoms with Crippen LogP contribution in [0.2, 0.25) is 39.3 Å².